The number of fused-ring (bicyclic) bond motifs is 1. The van der Waals surface area contributed by atoms with Crippen molar-refractivity contribution in [1.29, 1.82) is 0 Å². The molecule has 0 atom stereocenters. The average Bonchev–Trinajstić information content (AvgIpc) is 3.16. The lowest BCUT2D eigenvalue weighted by Crippen LogP contribution is -2.15. The minimum Gasteiger partial charge on any atom is -0.462 e. The number of hydrogen-bond acceptors (Lipinski definition) is 7. The van der Waals surface area contributed by atoms with Gasteiger partial charge in [-0.05, 0) is 26.0 Å². The Balaban J connectivity index is 1.61. The molecule has 0 bridgehead atoms. The van der Waals surface area contributed by atoms with E-state index in [9.17, 15) is 9.59 Å². The number of aromatic nitrogens is 4. The number of carbonyl (C=O) groups is 2. The van der Waals surface area contributed by atoms with Gasteiger partial charge in [-0.25, -0.2) is 14.5 Å². The molecule has 2 aromatic heterocycles. The fourth-order valence-corrected chi connectivity index (χ4v) is 3.18. The number of carbonyl (C=O) groups excluding carboxylic acids is 2. The lowest BCUT2D eigenvalue weighted by molar-refractivity contribution is -0.116. The van der Waals surface area contributed by atoms with Crippen LogP contribution in [0, 0.1) is 6.92 Å². The number of thiazole rings is 1. The topological polar surface area (TPSA) is 99.0 Å². The number of aryl methyl sites for hydroxylation is 2. The molecule has 1 aromatic carbocycles. The summed E-state index contributed by atoms with van der Waals surface area (Å²) in [5.74, 6) is -0.629. The van der Waals surface area contributed by atoms with Crippen molar-refractivity contribution in [1.82, 2.24) is 20.0 Å². The lowest BCUT2D eigenvalue weighted by Gasteiger charge is -2.02. The highest BCUT2D eigenvalue weighted by Gasteiger charge is 2.17. The van der Waals surface area contributed by atoms with Crippen LogP contribution in [0.1, 0.15) is 28.7 Å². The third-order valence-electron chi connectivity index (χ3n) is 3.47. The van der Waals surface area contributed by atoms with Gasteiger partial charge >= 0.3 is 5.97 Å². The first kappa shape index (κ1) is 17.0. The van der Waals surface area contributed by atoms with Crippen LogP contribution < -0.4 is 5.32 Å². The van der Waals surface area contributed by atoms with Crippen molar-refractivity contribution in [3.63, 3.8) is 0 Å². The van der Waals surface area contributed by atoms with Gasteiger partial charge in [0, 0.05) is 6.42 Å². The highest BCUT2D eigenvalue weighted by molar-refractivity contribution is 7.17. The molecule has 25 heavy (non-hydrogen) atoms. The third kappa shape index (κ3) is 3.82. The van der Waals surface area contributed by atoms with Crippen LogP contribution in [0.15, 0.2) is 24.3 Å². The van der Waals surface area contributed by atoms with Gasteiger partial charge in [-0.3, -0.25) is 4.79 Å². The van der Waals surface area contributed by atoms with E-state index in [1.165, 1.54) is 0 Å². The predicted octanol–water partition coefficient (Wildman–Crippen LogP) is 2.40. The van der Waals surface area contributed by atoms with E-state index < -0.39 is 5.97 Å². The number of amides is 1. The number of para-hydroxylation sites is 1. The molecule has 0 aliphatic rings. The number of benzene rings is 1. The quantitative estimate of drug-likeness (QED) is 0.679. The molecule has 3 aromatic rings. The highest BCUT2D eigenvalue weighted by atomic mass is 32.1. The molecule has 9 heteroatoms. The molecule has 0 unspecified atom stereocenters. The van der Waals surface area contributed by atoms with Crippen molar-refractivity contribution < 1.29 is 14.3 Å². The monoisotopic (exact) mass is 359 g/mol. The van der Waals surface area contributed by atoms with Crippen molar-refractivity contribution in [3.05, 3.63) is 34.8 Å². The molecular weight excluding hydrogens is 342 g/mol. The third-order valence-corrected chi connectivity index (χ3v) is 4.53. The van der Waals surface area contributed by atoms with Crippen molar-refractivity contribution >= 4 is 39.4 Å². The minimum absolute atomic E-state index is 0.205. The summed E-state index contributed by atoms with van der Waals surface area (Å²) in [6.45, 7) is 4.15. The predicted molar refractivity (Wildman–Crippen MR) is 93.6 cm³/mol. The van der Waals surface area contributed by atoms with Crippen molar-refractivity contribution in [3.8, 4) is 0 Å². The molecule has 3 rings (SSSR count). The Hall–Kier alpha value is -2.81. The maximum Gasteiger partial charge on any atom is 0.350 e. The Labute approximate surface area is 147 Å². The zero-order valence-corrected chi connectivity index (χ0v) is 14.7. The molecule has 1 amide bonds. The molecule has 0 spiro atoms. The van der Waals surface area contributed by atoms with Crippen LogP contribution in [-0.4, -0.2) is 38.5 Å². The number of ether oxygens (including phenoxy) is 1. The van der Waals surface area contributed by atoms with Crippen LogP contribution in [0.4, 0.5) is 5.13 Å². The summed E-state index contributed by atoms with van der Waals surface area (Å²) in [6.07, 6.45) is 0.223. The number of esters is 1. The zero-order chi connectivity index (χ0) is 17.8. The summed E-state index contributed by atoms with van der Waals surface area (Å²) in [7, 11) is 0. The smallest absolute Gasteiger partial charge is 0.350 e. The number of nitrogens with one attached hydrogen (secondary N) is 1. The molecular formula is C16H17N5O3S. The first-order valence-corrected chi connectivity index (χ1v) is 8.62. The van der Waals surface area contributed by atoms with Gasteiger partial charge in [-0.1, -0.05) is 28.7 Å². The fraction of sp³-hybridized carbons (Fsp3) is 0.312. The maximum absolute atomic E-state index is 12.1. The largest absolute Gasteiger partial charge is 0.462 e. The number of anilines is 1. The summed E-state index contributed by atoms with van der Waals surface area (Å²) in [4.78, 5) is 28.5. The van der Waals surface area contributed by atoms with E-state index in [4.69, 9.17) is 4.74 Å². The normalized spacial score (nSPS) is 10.8. The first-order valence-electron chi connectivity index (χ1n) is 7.81. The summed E-state index contributed by atoms with van der Waals surface area (Å²) in [6, 6.07) is 7.56. The van der Waals surface area contributed by atoms with Gasteiger partial charge in [0.05, 0.1) is 24.4 Å². The van der Waals surface area contributed by atoms with Crippen molar-refractivity contribution in [2.75, 3.05) is 11.9 Å². The standard InChI is InChI=1S/C16H17N5O3S/c1-3-24-15(23)14-10(2)17-16(25-14)18-13(22)8-9-21-12-7-5-4-6-11(12)19-20-21/h4-7H,3,8-9H2,1-2H3,(H,17,18,22). The minimum atomic E-state index is -0.424. The first-order chi connectivity index (χ1) is 12.1. The molecule has 130 valence electrons. The second kappa shape index (κ2) is 7.39. The van der Waals surface area contributed by atoms with Crippen LogP contribution in [0.3, 0.4) is 0 Å². The van der Waals surface area contributed by atoms with Gasteiger partial charge in [-0.15, -0.1) is 5.10 Å². The summed E-state index contributed by atoms with van der Waals surface area (Å²) in [5, 5.41) is 11.2. The molecule has 0 saturated carbocycles. The molecule has 0 aliphatic heterocycles. The fourth-order valence-electron chi connectivity index (χ4n) is 2.31. The van der Waals surface area contributed by atoms with E-state index in [2.05, 4.69) is 20.6 Å². The van der Waals surface area contributed by atoms with Gasteiger partial charge in [0.2, 0.25) is 5.91 Å². The Kier molecular flexibility index (Phi) is 5.03. The molecule has 0 radical (unpaired) electrons. The summed E-state index contributed by atoms with van der Waals surface area (Å²) >= 11 is 1.11. The van der Waals surface area contributed by atoms with Gasteiger partial charge in [0.25, 0.3) is 0 Å². The second-order valence-electron chi connectivity index (χ2n) is 5.25. The molecule has 0 fully saturated rings. The van der Waals surface area contributed by atoms with Gasteiger partial charge < -0.3 is 10.1 Å². The number of hydrogen-bond donors (Lipinski definition) is 1. The number of rotatable bonds is 6. The van der Waals surface area contributed by atoms with Crippen LogP contribution in [0.2, 0.25) is 0 Å². The van der Waals surface area contributed by atoms with E-state index in [1.54, 1.807) is 18.5 Å². The van der Waals surface area contributed by atoms with E-state index >= 15 is 0 Å². The van der Waals surface area contributed by atoms with E-state index in [1.807, 2.05) is 24.3 Å². The van der Waals surface area contributed by atoms with Crippen molar-refractivity contribution in [2.24, 2.45) is 0 Å². The zero-order valence-electron chi connectivity index (χ0n) is 13.9. The Bertz CT molecular complexity index is 918. The van der Waals surface area contributed by atoms with Crippen molar-refractivity contribution in [2.45, 2.75) is 26.8 Å². The Morgan fingerprint density at radius 3 is 2.92 bits per heavy atom. The number of nitrogens with zero attached hydrogens (tertiary/aromatic N) is 4. The highest BCUT2D eigenvalue weighted by Crippen LogP contribution is 2.23. The summed E-state index contributed by atoms with van der Waals surface area (Å²) < 4.78 is 6.65. The van der Waals surface area contributed by atoms with Crippen LogP contribution in [0.25, 0.3) is 11.0 Å². The molecule has 0 aliphatic carbocycles. The van der Waals surface area contributed by atoms with Crippen LogP contribution in [-0.2, 0) is 16.1 Å². The van der Waals surface area contributed by atoms with Crippen LogP contribution in [0.5, 0.6) is 0 Å². The van der Waals surface area contributed by atoms with E-state index in [0.717, 1.165) is 22.4 Å². The molecule has 0 saturated heterocycles. The average molecular weight is 359 g/mol. The Morgan fingerprint density at radius 1 is 1.32 bits per heavy atom. The van der Waals surface area contributed by atoms with Gasteiger partial charge in [-0.2, -0.15) is 0 Å². The van der Waals surface area contributed by atoms with Crippen LogP contribution >= 0.6 is 11.3 Å². The summed E-state index contributed by atoms with van der Waals surface area (Å²) in [5.41, 5.74) is 2.21. The molecule has 1 N–H and O–H groups in total. The lowest BCUT2D eigenvalue weighted by atomic mass is 10.3. The molecule has 8 nitrogen and oxygen atoms in total. The van der Waals surface area contributed by atoms with Gasteiger partial charge in [0.1, 0.15) is 10.4 Å². The maximum atomic E-state index is 12.1. The molecule has 2 heterocycles. The van der Waals surface area contributed by atoms with E-state index in [-0.39, 0.29) is 12.3 Å². The van der Waals surface area contributed by atoms with Gasteiger partial charge in [0.15, 0.2) is 5.13 Å². The van der Waals surface area contributed by atoms with E-state index in [0.29, 0.717) is 28.9 Å². The SMILES string of the molecule is CCOC(=O)c1sc(NC(=O)CCn2nnc3ccccc32)nc1C. The Morgan fingerprint density at radius 2 is 2.12 bits per heavy atom. The second-order valence-corrected chi connectivity index (χ2v) is 6.25.